The van der Waals surface area contributed by atoms with Crippen molar-refractivity contribution in [3.8, 4) is 0 Å². The van der Waals surface area contributed by atoms with Crippen LogP contribution >= 0.6 is 0 Å². The Hall–Kier alpha value is -1.46. The van der Waals surface area contributed by atoms with Gasteiger partial charge in [-0.25, -0.2) is 9.59 Å². The number of carbonyl (C=O) groups is 2. The number of hydrogen-bond acceptors (Lipinski definition) is 6. The summed E-state index contributed by atoms with van der Waals surface area (Å²) >= 11 is 0. The quantitative estimate of drug-likeness (QED) is 0.252. The summed E-state index contributed by atoms with van der Waals surface area (Å²) in [6.07, 6.45) is 12.2. The smallest absolute Gasteiger partial charge is 0.431 e. The van der Waals surface area contributed by atoms with Gasteiger partial charge in [-0.05, 0) is 57.8 Å². The zero-order valence-corrected chi connectivity index (χ0v) is 16.8. The van der Waals surface area contributed by atoms with Gasteiger partial charge in [0.25, 0.3) is 6.29 Å². The summed E-state index contributed by atoms with van der Waals surface area (Å²) in [5.74, 6) is 0. The van der Waals surface area contributed by atoms with Crippen molar-refractivity contribution >= 4 is 12.3 Å². The van der Waals surface area contributed by atoms with Crippen molar-refractivity contribution in [3.63, 3.8) is 0 Å². The third kappa shape index (κ3) is 9.34. The lowest BCUT2D eigenvalue weighted by molar-refractivity contribution is -0.119. The normalized spacial score (nSPS) is 19.4. The molecule has 0 heterocycles. The van der Waals surface area contributed by atoms with Crippen molar-refractivity contribution in [2.75, 3.05) is 0 Å². The second-order valence-corrected chi connectivity index (χ2v) is 7.77. The molecule has 0 aromatic heterocycles. The summed E-state index contributed by atoms with van der Waals surface area (Å²) in [5.41, 5.74) is 0. The molecule has 0 aliphatic heterocycles. The van der Waals surface area contributed by atoms with Crippen LogP contribution < -0.4 is 0 Å². The molecule has 0 saturated heterocycles. The van der Waals surface area contributed by atoms with E-state index in [2.05, 4.69) is 6.92 Å². The third-order valence-corrected chi connectivity index (χ3v) is 5.38. The van der Waals surface area contributed by atoms with Crippen LogP contribution in [0.4, 0.5) is 9.59 Å². The van der Waals surface area contributed by atoms with E-state index in [4.69, 9.17) is 18.9 Å². The number of carbonyl (C=O) groups excluding carboxylic acids is 2. The van der Waals surface area contributed by atoms with E-state index in [0.717, 1.165) is 77.0 Å². The first kappa shape index (κ1) is 21.8. The predicted octanol–water partition coefficient (Wildman–Crippen LogP) is 6.25. The van der Waals surface area contributed by atoms with Crippen molar-refractivity contribution < 1.29 is 28.5 Å². The molecule has 2 rings (SSSR count). The van der Waals surface area contributed by atoms with Crippen LogP contribution in [0.25, 0.3) is 0 Å². The highest BCUT2D eigenvalue weighted by Crippen LogP contribution is 2.23. The average molecular weight is 385 g/mol. The second kappa shape index (κ2) is 12.8. The Morgan fingerprint density at radius 3 is 1.74 bits per heavy atom. The maximum Gasteiger partial charge on any atom is 0.511 e. The monoisotopic (exact) mass is 384 g/mol. The lowest BCUT2D eigenvalue weighted by atomic mass is 9.98. The Balaban J connectivity index is 1.75. The first-order chi connectivity index (χ1) is 13.2. The largest absolute Gasteiger partial charge is 0.511 e. The van der Waals surface area contributed by atoms with Gasteiger partial charge >= 0.3 is 12.3 Å². The van der Waals surface area contributed by atoms with Gasteiger partial charge in [-0.1, -0.05) is 39.0 Å². The van der Waals surface area contributed by atoms with Gasteiger partial charge in [0.05, 0.1) is 0 Å². The highest BCUT2D eigenvalue weighted by atomic mass is 16.8. The van der Waals surface area contributed by atoms with Crippen LogP contribution in [0, 0.1) is 0 Å². The molecular formula is C21H36O6. The maximum absolute atomic E-state index is 12.1. The topological polar surface area (TPSA) is 71.1 Å². The molecule has 0 N–H and O–H groups in total. The summed E-state index contributed by atoms with van der Waals surface area (Å²) in [6.45, 7) is 2.16. The van der Waals surface area contributed by atoms with Crippen LogP contribution in [-0.2, 0) is 18.9 Å². The molecule has 0 spiro atoms. The van der Waals surface area contributed by atoms with E-state index in [1.807, 2.05) is 0 Å². The molecule has 0 aromatic rings. The molecule has 0 aromatic carbocycles. The summed E-state index contributed by atoms with van der Waals surface area (Å²) < 4.78 is 21.3. The van der Waals surface area contributed by atoms with Gasteiger partial charge < -0.3 is 18.9 Å². The second-order valence-electron chi connectivity index (χ2n) is 7.77. The van der Waals surface area contributed by atoms with E-state index in [9.17, 15) is 9.59 Å². The molecule has 0 bridgehead atoms. The van der Waals surface area contributed by atoms with Crippen molar-refractivity contribution in [1.29, 1.82) is 0 Å². The molecule has 27 heavy (non-hydrogen) atoms. The molecule has 6 heteroatoms. The molecule has 1 unspecified atom stereocenters. The van der Waals surface area contributed by atoms with Gasteiger partial charge in [0.2, 0.25) is 0 Å². The molecule has 0 amide bonds. The van der Waals surface area contributed by atoms with Gasteiger partial charge in [0.15, 0.2) is 0 Å². The highest BCUT2D eigenvalue weighted by Gasteiger charge is 2.26. The molecule has 0 radical (unpaired) electrons. The van der Waals surface area contributed by atoms with E-state index in [-0.39, 0.29) is 12.2 Å². The van der Waals surface area contributed by atoms with Gasteiger partial charge in [0.1, 0.15) is 12.2 Å². The number of hydrogen-bond donors (Lipinski definition) is 0. The molecule has 2 aliphatic carbocycles. The third-order valence-electron chi connectivity index (χ3n) is 5.38. The van der Waals surface area contributed by atoms with Crippen LogP contribution in [0.5, 0.6) is 0 Å². The zero-order valence-electron chi connectivity index (χ0n) is 16.8. The molecule has 2 fully saturated rings. The minimum atomic E-state index is -0.934. The van der Waals surface area contributed by atoms with Crippen LogP contribution in [-0.4, -0.2) is 30.8 Å². The zero-order chi connectivity index (χ0) is 19.3. The predicted molar refractivity (Wildman–Crippen MR) is 101 cm³/mol. The summed E-state index contributed by atoms with van der Waals surface area (Å²) in [7, 11) is 0. The van der Waals surface area contributed by atoms with Crippen LogP contribution in [0.1, 0.15) is 103 Å². The summed E-state index contributed by atoms with van der Waals surface area (Å²) in [5, 5.41) is 0. The van der Waals surface area contributed by atoms with Gasteiger partial charge in [0, 0.05) is 6.42 Å². The number of rotatable bonds is 10. The van der Waals surface area contributed by atoms with Crippen LogP contribution in [0.3, 0.4) is 0 Å². The van der Waals surface area contributed by atoms with Crippen molar-refractivity contribution in [2.45, 2.75) is 122 Å². The lowest BCUT2D eigenvalue weighted by Gasteiger charge is -2.23. The van der Waals surface area contributed by atoms with Gasteiger partial charge in [-0.15, -0.1) is 0 Å². The Labute approximate surface area is 163 Å². The lowest BCUT2D eigenvalue weighted by Crippen LogP contribution is -2.29. The minimum absolute atomic E-state index is 0.0723. The first-order valence-corrected chi connectivity index (χ1v) is 10.9. The molecule has 156 valence electrons. The minimum Gasteiger partial charge on any atom is -0.431 e. The SMILES string of the molecule is CCCCCCCC(OC(=O)OC1CCCCC1)OC(=O)OC1CCCC1. The van der Waals surface area contributed by atoms with E-state index in [1.54, 1.807) is 0 Å². The fourth-order valence-corrected chi connectivity index (χ4v) is 3.79. The Morgan fingerprint density at radius 2 is 1.22 bits per heavy atom. The Kier molecular flexibility index (Phi) is 10.4. The van der Waals surface area contributed by atoms with Crippen LogP contribution in [0.2, 0.25) is 0 Å². The molecule has 1 atom stereocenters. The first-order valence-electron chi connectivity index (χ1n) is 10.9. The van der Waals surface area contributed by atoms with E-state index in [0.29, 0.717) is 6.42 Å². The van der Waals surface area contributed by atoms with E-state index in [1.165, 1.54) is 12.8 Å². The van der Waals surface area contributed by atoms with E-state index < -0.39 is 18.6 Å². The average Bonchev–Trinajstić information content (AvgIpc) is 3.15. The van der Waals surface area contributed by atoms with Crippen molar-refractivity contribution in [1.82, 2.24) is 0 Å². The van der Waals surface area contributed by atoms with Gasteiger partial charge in [-0.2, -0.15) is 0 Å². The van der Waals surface area contributed by atoms with Crippen LogP contribution in [0.15, 0.2) is 0 Å². The van der Waals surface area contributed by atoms with Crippen molar-refractivity contribution in [2.24, 2.45) is 0 Å². The molecule has 6 nitrogen and oxygen atoms in total. The Bertz CT molecular complexity index is 426. The number of unbranched alkanes of at least 4 members (excludes halogenated alkanes) is 4. The number of ether oxygens (including phenoxy) is 4. The maximum atomic E-state index is 12.1. The van der Waals surface area contributed by atoms with Crippen molar-refractivity contribution in [3.05, 3.63) is 0 Å². The summed E-state index contributed by atoms with van der Waals surface area (Å²) in [6, 6.07) is 0. The van der Waals surface area contributed by atoms with Gasteiger partial charge in [-0.3, -0.25) is 0 Å². The molecule has 2 saturated carbocycles. The summed E-state index contributed by atoms with van der Waals surface area (Å²) in [4.78, 5) is 24.1. The fraction of sp³-hybridized carbons (Fsp3) is 0.905. The highest BCUT2D eigenvalue weighted by molar-refractivity contribution is 5.62. The molecule has 2 aliphatic rings. The van der Waals surface area contributed by atoms with E-state index >= 15 is 0 Å². The Morgan fingerprint density at radius 1 is 0.741 bits per heavy atom. The fourth-order valence-electron chi connectivity index (χ4n) is 3.79. The standard InChI is InChI=1S/C21H36O6/c1-2-3-4-5-9-16-19(27-21(23)25-18-14-10-11-15-18)26-20(22)24-17-12-7-6-8-13-17/h17-19H,2-16H2,1H3. The molecular weight excluding hydrogens is 348 g/mol.